The number of hydrogen-bond donors (Lipinski definition) is 0. The molecule has 0 N–H and O–H groups in total. The van der Waals surface area contributed by atoms with Crippen LogP contribution in [0.15, 0.2) is 139 Å². The van der Waals surface area contributed by atoms with Crippen LogP contribution in [0.25, 0.3) is 45.5 Å². The minimum atomic E-state index is -5.74. The molecule has 0 amide bonds. The Balaban J connectivity index is 1.40. The Morgan fingerprint density at radius 1 is 0.500 bits per heavy atom. The molecular formula is C56H63Cl2Si3Zr. The first-order valence-electron chi connectivity index (χ1n) is 23.1. The quantitative estimate of drug-likeness (QED) is 0.113. The monoisotopic (exact) mass is 979 g/mol. The number of hydrogen-bond acceptors (Lipinski definition) is 0. The SMILES string of the molecule is CCC(C)C1=Cc2c(-c3ccccc3[Si](C)(C)C)cccc2[CH]1[Zr]([Cl])([Cl])([c]1cccc2c1[SiH2]c1ccccc1-2)[CH]1C(C(C)CC)=Cc2c(-c3ccccc3[Si](C)(C)C)cccc21. The molecule has 0 spiro atoms. The van der Waals surface area contributed by atoms with Crippen molar-refractivity contribution in [1.29, 1.82) is 0 Å². The van der Waals surface area contributed by atoms with Crippen LogP contribution in [0.3, 0.4) is 0 Å². The van der Waals surface area contributed by atoms with Crippen molar-refractivity contribution >= 4 is 78.9 Å². The second-order valence-corrected chi connectivity index (χ2v) is 53.3. The fraction of sp³-hybridized carbons (Fsp3) is 0.286. The fourth-order valence-electron chi connectivity index (χ4n) is 11.7. The van der Waals surface area contributed by atoms with E-state index < -0.39 is 42.1 Å². The van der Waals surface area contributed by atoms with Crippen molar-refractivity contribution in [3.63, 3.8) is 0 Å². The molecule has 62 heavy (non-hydrogen) atoms. The van der Waals surface area contributed by atoms with Gasteiger partial charge in [-0.1, -0.05) is 0 Å². The van der Waals surface area contributed by atoms with Gasteiger partial charge in [-0.25, -0.2) is 0 Å². The summed E-state index contributed by atoms with van der Waals surface area (Å²) >= 11 is -5.74. The van der Waals surface area contributed by atoms with Gasteiger partial charge in [0.15, 0.2) is 0 Å². The molecule has 1 heterocycles. The van der Waals surface area contributed by atoms with Crippen molar-refractivity contribution in [2.45, 2.75) is 87.1 Å². The van der Waals surface area contributed by atoms with Gasteiger partial charge in [-0.05, 0) is 0 Å². The minimum absolute atomic E-state index is 0.103. The number of halogens is 2. The second kappa shape index (κ2) is 16.1. The van der Waals surface area contributed by atoms with E-state index in [1.807, 2.05) is 0 Å². The van der Waals surface area contributed by atoms with Crippen molar-refractivity contribution in [3.8, 4) is 33.4 Å². The van der Waals surface area contributed by atoms with E-state index in [4.69, 9.17) is 0 Å². The Hall–Kier alpha value is -3.09. The Kier molecular flexibility index (Phi) is 11.5. The summed E-state index contributed by atoms with van der Waals surface area (Å²) in [4.78, 5) is 0. The zero-order valence-electron chi connectivity index (χ0n) is 38.5. The molecule has 1 aliphatic heterocycles. The van der Waals surface area contributed by atoms with E-state index in [0.29, 0.717) is 11.8 Å². The summed E-state index contributed by atoms with van der Waals surface area (Å²) in [5.74, 6) is 0.604. The third-order valence-corrected chi connectivity index (χ3v) is 41.7. The molecule has 2 aliphatic carbocycles. The molecular weight excluding hydrogens is 919 g/mol. The number of fused-ring (bicyclic) bond motifs is 5. The Labute approximate surface area is 385 Å². The van der Waals surface area contributed by atoms with Gasteiger partial charge in [0.2, 0.25) is 0 Å². The Bertz CT molecular complexity index is 2680. The molecule has 0 fully saturated rings. The van der Waals surface area contributed by atoms with Gasteiger partial charge < -0.3 is 0 Å². The van der Waals surface area contributed by atoms with Crippen LogP contribution >= 0.6 is 17.0 Å². The normalized spacial score (nSPS) is 18.9. The van der Waals surface area contributed by atoms with Gasteiger partial charge in [0, 0.05) is 0 Å². The Morgan fingerprint density at radius 2 is 0.903 bits per heavy atom. The standard InChI is InChI=1S/2C22H27Si.C12H9Si.2ClH.Zr/c2*1-6-16(2)18-14-17-10-9-12-19(21(17)15-18)20-11-7-8-13-22(20)23(3,4)5;1-3-7-11-9(5-1)10-6-2-4-8-12(10)13-11;;;/h2*7-16H,6H2,1-5H3;1-7H,13H2;2*1H;/q;;;;;+2/p-2. The summed E-state index contributed by atoms with van der Waals surface area (Å²) in [6.45, 7) is 24.4. The van der Waals surface area contributed by atoms with E-state index in [1.165, 1.54) is 90.8 Å². The molecule has 3 aliphatic rings. The molecule has 0 nitrogen and oxygen atoms in total. The fourth-order valence-corrected chi connectivity index (χ4v) is 42.9. The van der Waals surface area contributed by atoms with Gasteiger partial charge in [-0.2, -0.15) is 0 Å². The summed E-state index contributed by atoms with van der Waals surface area (Å²) in [6.07, 6.45) is 7.22. The number of benzene rings is 6. The van der Waals surface area contributed by atoms with Crippen LogP contribution < -0.4 is 24.0 Å². The molecule has 0 aromatic heterocycles. The predicted octanol–water partition coefficient (Wildman–Crippen LogP) is 13.2. The molecule has 4 atom stereocenters. The summed E-state index contributed by atoms with van der Waals surface area (Å²) in [7, 11) is 14.8. The van der Waals surface area contributed by atoms with E-state index in [1.54, 1.807) is 0 Å². The van der Waals surface area contributed by atoms with Crippen LogP contribution in [0, 0.1) is 11.8 Å². The summed E-state index contributed by atoms with van der Waals surface area (Å²) in [5.41, 5.74) is 16.3. The van der Waals surface area contributed by atoms with Gasteiger partial charge in [0.1, 0.15) is 0 Å². The van der Waals surface area contributed by atoms with Crippen LogP contribution in [0.2, 0.25) is 39.3 Å². The molecule has 9 rings (SSSR count). The van der Waals surface area contributed by atoms with Crippen LogP contribution in [-0.4, -0.2) is 25.7 Å². The first kappa shape index (κ1) is 44.1. The van der Waals surface area contributed by atoms with Crippen LogP contribution in [-0.2, 0) is 16.4 Å². The molecule has 0 saturated heterocycles. The van der Waals surface area contributed by atoms with Crippen molar-refractivity contribution in [2.24, 2.45) is 11.8 Å². The topological polar surface area (TPSA) is 0 Å². The predicted molar refractivity (Wildman–Crippen MR) is 281 cm³/mol. The summed E-state index contributed by atoms with van der Waals surface area (Å²) < 4.78 is 1.11. The first-order valence-corrected chi connectivity index (χ1v) is 42.0. The van der Waals surface area contributed by atoms with Gasteiger partial charge in [0.25, 0.3) is 0 Å². The van der Waals surface area contributed by atoms with Crippen LogP contribution in [0.4, 0.5) is 0 Å². The van der Waals surface area contributed by atoms with Gasteiger partial charge in [-0.15, -0.1) is 0 Å². The maximum absolute atomic E-state index is 9.54. The molecule has 0 radical (unpaired) electrons. The molecule has 317 valence electrons. The molecule has 6 aromatic rings. The van der Waals surface area contributed by atoms with Crippen molar-refractivity contribution in [3.05, 3.63) is 161 Å². The summed E-state index contributed by atoms with van der Waals surface area (Å²) in [5, 5.41) is 5.99. The second-order valence-electron chi connectivity index (χ2n) is 20.8. The molecule has 4 unspecified atom stereocenters. The maximum atomic E-state index is 9.54. The molecule has 0 bridgehead atoms. The average molecular weight is 983 g/mol. The van der Waals surface area contributed by atoms with Crippen molar-refractivity contribution in [1.82, 2.24) is 0 Å². The number of allylic oxidation sites excluding steroid dienone is 2. The number of rotatable bonds is 11. The van der Waals surface area contributed by atoms with E-state index in [0.717, 1.165) is 12.8 Å². The zero-order chi connectivity index (χ0) is 44.0. The molecule has 6 aromatic carbocycles. The van der Waals surface area contributed by atoms with Gasteiger partial charge >= 0.3 is 388 Å². The molecule has 0 saturated carbocycles. The van der Waals surface area contributed by atoms with E-state index in [-0.39, 0.29) is 7.25 Å². The summed E-state index contributed by atoms with van der Waals surface area (Å²) in [6, 6.07) is 48.8. The van der Waals surface area contributed by atoms with Crippen LogP contribution in [0.1, 0.15) is 70.0 Å². The van der Waals surface area contributed by atoms with Gasteiger partial charge in [-0.3, -0.25) is 0 Å². The third kappa shape index (κ3) is 6.96. The van der Waals surface area contributed by atoms with Crippen LogP contribution in [0.5, 0.6) is 0 Å². The van der Waals surface area contributed by atoms with Crippen molar-refractivity contribution in [2.75, 3.05) is 0 Å². The Morgan fingerprint density at radius 3 is 1.37 bits per heavy atom. The average Bonchev–Trinajstić information content (AvgIpc) is 3.98. The third-order valence-electron chi connectivity index (χ3n) is 15.0. The molecule has 6 heteroatoms. The van der Waals surface area contributed by atoms with Gasteiger partial charge in [0.05, 0.1) is 0 Å². The zero-order valence-corrected chi connectivity index (χ0v) is 45.8. The van der Waals surface area contributed by atoms with E-state index in [9.17, 15) is 17.0 Å². The van der Waals surface area contributed by atoms with E-state index >= 15 is 0 Å². The van der Waals surface area contributed by atoms with E-state index in [2.05, 4.69) is 207 Å². The van der Waals surface area contributed by atoms with Crippen molar-refractivity contribution < 1.29 is 16.4 Å². The first-order chi connectivity index (χ1) is 29.5.